The maximum absolute atomic E-state index is 13.7. The Labute approximate surface area is 211 Å². The lowest BCUT2D eigenvalue weighted by atomic mass is 10.0. The van der Waals surface area contributed by atoms with Crippen molar-refractivity contribution in [1.82, 2.24) is 25.0 Å². The van der Waals surface area contributed by atoms with E-state index in [1.807, 2.05) is 31.4 Å². The Morgan fingerprint density at radius 3 is 2.72 bits per heavy atom. The number of aromatic amines is 1. The number of H-pyrrole nitrogens is 1. The Morgan fingerprint density at radius 2 is 2.08 bits per heavy atom. The second-order valence-corrected chi connectivity index (χ2v) is 9.75. The number of anilines is 1. The van der Waals surface area contributed by atoms with Gasteiger partial charge in [0.15, 0.2) is 5.69 Å². The molecule has 0 radical (unpaired) electrons. The first kappa shape index (κ1) is 23.8. The van der Waals surface area contributed by atoms with Crippen LogP contribution in [-0.4, -0.2) is 36.8 Å². The maximum Gasteiger partial charge on any atom is 0.280 e. The van der Waals surface area contributed by atoms with Crippen LogP contribution < -0.4 is 11.1 Å². The molecule has 13 heteroatoms. The van der Waals surface area contributed by atoms with Crippen LogP contribution in [0, 0.1) is 6.92 Å². The summed E-state index contributed by atoms with van der Waals surface area (Å²) in [6, 6.07) is 6.60. The molecule has 0 aliphatic carbocycles. The van der Waals surface area contributed by atoms with Gasteiger partial charge in [0.2, 0.25) is 0 Å². The highest BCUT2D eigenvalue weighted by Crippen LogP contribution is 2.43. The van der Waals surface area contributed by atoms with E-state index in [1.165, 1.54) is 17.4 Å². The van der Waals surface area contributed by atoms with Crippen LogP contribution in [0.2, 0.25) is 0 Å². The molecule has 5 aromatic rings. The molecule has 0 saturated heterocycles. The summed E-state index contributed by atoms with van der Waals surface area (Å²) in [6.07, 6.45) is -1.27. The van der Waals surface area contributed by atoms with Gasteiger partial charge in [-0.15, -0.1) is 22.7 Å². The van der Waals surface area contributed by atoms with Crippen LogP contribution in [0.15, 0.2) is 35.8 Å². The van der Waals surface area contributed by atoms with E-state index in [9.17, 15) is 18.4 Å². The smallest absolute Gasteiger partial charge is 0.280 e. The minimum absolute atomic E-state index is 0.00642. The molecule has 5 heterocycles. The van der Waals surface area contributed by atoms with E-state index in [1.54, 1.807) is 16.9 Å². The van der Waals surface area contributed by atoms with Gasteiger partial charge in [0, 0.05) is 23.2 Å². The Balaban J connectivity index is 1.67. The van der Waals surface area contributed by atoms with E-state index in [-0.39, 0.29) is 21.1 Å². The molecular weight excluding hydrogens is 508 g/mol. The second-order valence-electron chi connectivity index (χ2n) is 7.80. The number of alkyl halides is 2. The van der Waals surface area contributed by atoms with Gasteiger partial charge in [0.05, 0.1) is 22.5 Å². The summed E-state index contributed by atoms with van der Waals surface area (Å²) >= 11 is 2.33. The predicted molar refractivity (Wildman–Crippen MR) is 135 cm³/mol. The van der Waals surface area contributed by atoms with E-state index in [0.29, 0.717) is 28.8 Å². The third-order valence-electron chi connectivity index (χ3n) is 5.66. The number of pyridine rings is 1. The number of hydrogen-bond acceptors (Lipinski definition) is 7. The number of carbonyl (C=O) groups excluding carboxylic acids is 2. The first-order chi connectivity index (χ1) is 17.3. The van der Waals surface area contributed by atoms with Gasteiger partial charge in [-0.2, -0.15) is 10.2 Å². The number of aromatic nitrogens is 5. The topological polar surface area (TPSA) is 132 Å². The third kappa shape index (κ3) is 4.05. The van der Waals surface area contributed by atoms with Crippen molar-refractivity contribution < 1.29 is 18.4 Å². The van der Waals surface area contributed by atoms with E-state index in [2.05, 4.69) is 25.6 Å². The van der Waals surface area contributed by atoms with Gasteiger partial charge in [-0.1, -0.05) is 6.07 Å². The Kier molecular flexibility index (Phi) is 6.10. The van der Waals surface area contributed by atoms with Crippen molar-refractivity contribution >= 4 is 50.4 Å². The van der Waals surface area contributed by atoms with Gasteiger partial charge in [0.1, 0.15) is 15.4 Å². The second kappa shape index (κ2) is 9.24. The van der Waals surface area contributed by atoms with Gasteiger partial charge >= 0.3 is 0 Å². The van der Waals surface area contributed by atoms with Crippen molar-refractivity contribution in [3.8, 4) is 21.7 Å². The summed E-state index contributed by atoms with van der Waals surface area (Å²) in [6.45, 7) is 4.30. The standard InChI is InChI=1S/C23H19F2N7O2S2/c1-3-32-10(2)12(9-27-32)11-7-14(20(24)25)28-23-17(11)18(19(36-23)21(26)33)29-22(34)15-8-13(30-31-15)16-5-4-6-35-16/h4-9,20H,3H2,1-2H3,(H2,26,33)(H,29,34)(H,30,31). The average Bonchev–Trinajstić information content (AvgIpc) is 3.64. The number of hydrogen-bond donors (Lipinski definition) is 3. The molecule has 9 nitrogen and oxygen atoms in total. The predicted octanol–water partition coefficient (Wildman–Crippen LogP) is 5.23. The molecule has 5 aromatic heterocycles. The number of halogens is 2. The number of fused-ring (bicyclic) bond motifs is 1. The molecule has 0 spiro atoms. The summed E-state index contributed by atoms with van der Waals surface area (Å²) in [5.41, 5.74) is 7.68. The summed E-state index contributed by atoms with van der Waals surface area (Å²) in [5.74, 6) is -1.42. The summed E-state index contributed by atoms with van der Waals surface area (Å²) < 4.78 is 29.2. The first-order valence-corrected chi connectivity index (χ1v) is 12.5. The van der Waals surface area contributed by atoms with E-state index >= 15 is 0 Å². The van der Waals surface area contributed by atoms with Crippen LogP contribution in [0.4, 0.5) is 14.5 Å². The monoisotopic (exact) mass is 527 g/mol. The fraction of sp³-hybridized carbons (Fsp3) is 0.174. The molecule has 5 rings (SSSR count). The van der Waals surface area contributed by atoms with E-state index in [0.717, 1.165) is 21.9 Å². The molecule has 0 unspecified atom stereocenters. The van der Waals surface area contributed by atoms with Crippen molar-refractivity contribution in [3.05, 3.63) is 57.8 Å². The highest BCUT2D eigenvalue weighted by molar-refractivity contribution is 7.21. The molecule has 0 aromatic carbocycles. The number of thiophene rings is 2. The molecule has 0 saturated carbocycles. The third-order valence-corrected chi connectivity index (χ3v) is 7.66. The molecule has 0 bridgehead atoms. The van der Waals surface area contributed by atoms with Crippen molar-refractivity contribution in [2.45, 2.75) is 26.8 Å². The van der Waals surface area contributed by atoms with Crippen LogP contribution in [-0.2, 0) is 6.54 Å². The van der Waals surface area contributed by atoms with Crippen molar-refractivity contribution in [2.75, 3.05) is 5.32 Å². The number of amides is 2. The van der Waals surface area contributed by atoms with E-state index < -0.39 is 23.9 Å². The highest BCUT2D eigenvalue weighted by atomic mass is 32.1. The van der Waals surface area contributed by atoms with Gasteiger partial charge in [0.25, 0.3) is 18.2 Å². The van der Waals surface area contributed by atoms with Gasteiger partial charge < -0.3 is 11.1 Å². The van der Waals surface area contributed by atoms with E-state index in [4.69, 9.17) is 5.73 Å². The van der Waals surface area contributed by atoms with Crippen molar-refractivity contribution in [1.29, 1.82) is 0 Å². The van der Waals surface area contributed by atoms with Crippen molar-refractivity contribution in [2.24, 2.45) is 5.73 Å². The number of rotatable bonds is 7. The molecule has 36 heavy (non-hydrogen) atoms. The fourth-order valence-electron chi connectivity index (χ4n) is 3.94. The molecule has 184 valence electrons. The quantitative estimate of drug-likeness (QED) is 0.267. The summed E-state index contributed by atoms with van der Waals surface area (Å²) in [5, 5.41) is 16.2. The minimum Gasteiger partial charge on any atom is -0.365 e. The lowest BCUT2D eigenvalue weighted by molar-refractivity contribution is 0.100. The van der Waals surface area contributed by atoms with Gasteiger partial charge in [-0.25, -0.2) is 13.8 Å². The first-order valence-electron chi connectivity index (χ1n) is 10.8. The molecule has 2 amide bonds. The maximum atomic E-state index is 13.7. The number of nitrogens with one attached hydrogen (secondary N) is 2. The van der Waals surface area contributed by atoms with Crippen molar-refractivity contribution in [3.63, 3.8) is 0 Å². The summed E-state index contributed by atoms with van der Waals surface area (Å²) in [4.78, 5) is 30.6. The normalized spacial score (nSPS) is 11.5. The lowest BCUT2D eigenvalue weighted by Crippen LogP contribution is -2.17. The Morgan fingerprint density at radius 1 is 1.28 bits per heavy atom. The van der Waals surface area contributed by atoms with Crippen LogP contribution in [0.1, 0.15) is 44.9 Å². The number of nitrogens with zero attached hydrogens (tertiary/aromatic N) is 4. The van der Waals surface area contributed by atoms with Crippen LogP contribution >= 0.6 is 22.7 Å². The zero-order valence-electron chi connectivity index (χ0n) is 19.0. The van der Waals surface area contributed by atoms with Gasteiger partial charge in [-0.3, -0.25) is 19.4 Å². The zero-order chi connectivity index (χ0) is 25.6. The van der Waals surface area contributed by atoms with Crippen LogP contribution in [0.5, 0.6) is 0 Å². The number of nitrogens with two attached hydrogens (primary N) is 1. The highest BCUT2D eigenvalue weighted by Gasteiger charge is 2.27. The largest absolute Gasteiger partial charge is 0.365 e. The SMILES string of the molecule is CCn1ncc(-c2cc(C(F)F)nc3sc(C(N)=O)c(NC(=O)c4cc(-c5cccs5)[nH]n4)c23)c1C. The molecule has 4 N–H and O–H groups in total. The zero-order valence-corrected chi connectivity index (χ0v) is 20.6. The minimum atomic E-state index is -2.84. The number of carbonyl (C=O) groups is 2. The fourth-order valence-corrected chi connectivity index (χ4v) is 5.64. The molecule has 0 aliphatic rings. The summed E-state index contributed by atoms with van der Waals surface area (Å²) in [7, 11) is 0. The molecule has 0 fully saturated rings. The molecule has 0 atom stereocenters. The van der Waals surface area contributed by atoms with Crippen LogP contribution in [0.3, 0.4) is 0 Å². The number of aryl methyl sites for hydroxylation is 1. The Hall–Kier alpha value is -3.97. The lowest BCUT2D eigenvalue weighted by Gasteiger charge is -2.10. The van der Waals surface area contributed by atoms with Gasteiger partial charge in [-0.05, 0) is 43.0 Å². The molecular formula is C23H19F2N7O2S2. The molecule has 0 aliphatic heterocycles. The average molecular weight is 528 g/mol. The number of primary amides is 1. The Bertz CT molecular complexity index is 1600. The van der Waals surface area contributed by atoms with Crippen LogP contribution in [0.25, 0.3) is 31.9 Å².